The van der Waals surface area contributed by atoms with Crippen LogP contribution in [0.25, 0.3) is 5.65 Å². The number of aromatic nitrogens is 4. The van der Waals surface area contributed by atoms with Gasteiger partial charge in [0.2, 0.25) is 5.65 Å². The molecule has 0 amide bonds. The van der Waals surface area contributed by atoms with Crippen LogP contribution >= 0.6 is 0 Å². The maximum Gasteiger partial charge on any atom is 0.203 e. The van der Waals surface area contributed by atoms with Gasteiger partial charge in [0.05, 0.1) is 0 Å². The van der Waals surface area contributed by atoms with Crippen LogP contribution in [-0.2, 0) is 0 Å². The second-order valence-electron chi connectivity index (χ2n) is 5.19. The SMILES string of the molecule is CC(C)N(CCNc1nccn2cnnc12)C(C)C. The van der Waals surface area contributed by atoms with Crippen molar-refractivity contribution in [3.05, 3.63) is 18.7 Å². The lowest BCUT2D eigenvalue weighted by Gasteiger charge is -2.30. The van der Waals surface area contributed by atoms with E-state index in [0.717, 1.165) is 24.6 Å². The van der Waals surface area contributed by atoms with Gasteiger partial charge in [0, 0.05) is 37.6 Å². The Labute approximate surface area is 113 Å². The lowest BCUT2D eigenvalue weighted by atomic mass is 10.2. The number of hydrogen-bond acceptors (Lipinski definition) is 5. The summed E-state index contributed by atoms with van der Waals surface area (Å²) in [5.41, 5.74) is 0.767. The predicted molar refractivity (Wildman–Crippen MR) is 76.2 cm³/mol. The van der Waals surface area contributed by atoms with Crippen molar-refractivity contribution >= 4 is 11.5 Å². The van der Waals surface area contributed by atoms with Crippen LogP contribution in [-0.4, -0.2) is 49.7 Å². The van der Waals surface area contributed by atoms with Gasteiger partial charge in [0.15, 0.2) is 5.82 Å². The molecule has 6 heteroatoms. The summed E-state index contributed by atoms with van der Waals surface area (Å²) >= 11 is 0. The smallest absolute Gasteiger partial charge is 0.203 e. The molecule has 2 aromatic heterocycles. The molecule has 2 rings (SSSR count). The molecule has 2 aromatic rings. The summed E-state index contributed by atoms with van der Waals surface area (Å²) < 4.78 is 1.86. The van der Waals surface area contributed by atoms with E-state index in [9.17, 15) is 0 Å². The summed E-state index contributed by atoms with van der Waals surface area (Å²) in [4.78, 5) is 6.75. The number of anilines is 1. The highest BCUT2D eigenvalue weighted by Gasteiger charge is 2.13. The van der Waals surface area contributed by atoms with E-state index >= 15 is 0 Å². The molecule has 0 aliphatic carbocycles. The highest BCUT2D eigenvalue weighted by molar-refractivity contribution is 5.61. The van der Waals surface area contributed by atoms with Crippen LogP contribution in [0.1, 0.15) is 27.7 Å². The molecule has 104 valence electrons. The summed E-state index contributed by atoms with van der Waals surface area (Å²) in [6.45, 7) is 10.7. The summed E-state index contributed by atoms with van der Waals surface area (Å²) in [7, 11) is 0. The monoisotopic (exact) mass is 262 g/mol. The topological polar surface area (TPSA) is 58.4 Å². The first kappa shape index (κ1) is 13.7. The van der Waals surface area contributed by atoms with Crippen molar-refractivity contribution in [3.63, 3.8) is 0 Å². The van der Waals surface area contributed by atoms with Gasteiger partial charge in [-0.05, 0) is 27.7 Å². The van der Waals surface area contributed by atoms with Crippen molar-refractivity contribution in [2.45, 2.75) is 39.8 Å². The first-order valence-electron chi connectivity index (χ1n) is 6.73. The van der Waals surface area contributed by atoms with Crippen molar-refractivity contribution in [1.82, 2.24) is 24.5 Å². The molecule has 2 heterocycles. The quantitative estimate of drug-likeness (QED) is 0.858. The first-order chi connectivity index (χ1) is 9.09. The lowest BCUT2D eigenvalue weighted by Crippen LogP contribution is -2.40. The van der Waals surface area contributed by atoms with Gasteiger partial charge >= 0.3 is 0 Å². The minimum atomic E-state index is 0.540. The molecule has 0 saturated heterocycles. The van der Waals surface area contributed by atoms with E-state index in [2.05, 4.69) is 53.1 Å². The lowest BCUT2D eigenvalue weighted by molar-refractivity contribution is 0.182. The molecule has 1 N–H and O–H groups in total. The second-order valence-corrected chi connectivity index (χ2v) is 5.19. The van der Waals surface area contributed by atoms with Gasteiger partial charge in [0.1, 0.15) is 6.33 Å². The second kappa shape index (κ2) is 5.97. The molecular weight excluding hydrogens is 240 g/mol. The Kier molecular flexibility index (Phi) is 4.31. The van der Waals surface area contributed by atoms with Gasteiger partial charge in [0.25, 0.3) is 0 Å². The molecule has 0 aliphatic heterocycles. The zero-order valence-electron chi connectivity index (χ0n) is 12.0. The van der Waals surface area contributed by atoms with E-state index in [1.165, 1.54) is 0 Å². The Hall–Kier alpha value is -1.69. The minimum absolute atomic E-state index is 0.540. The van der Waals surface area contributed by atoms with Crippen molar-refractivity contribution in [1.29, 1.82) is 0 Å². The summed E-state index contributed by atoms with van der Waals surface area (Å²) in [6, 6.07) is 1.08. The Morgan fingerprint density at radius 3 is 2.68 bits per heavy atom. The Balaban J connectivity index is 1.97. The van der Waals surface area contributed by atoms with Crippen molar-refractivity contribution in [2.24, 2.45) is 0 Å². The fourth-order valence-corrected chi connectivity index (χ4v) is 2.30. The van der Waals surface area contributed by atoms with E-state index in [4.69, 9.17) is 0 Å². The minimum Gasteiger partial charge on any atom is -0.366 e. The van der Waals surface area contributed by atoms with Gasteiger partial charge in [-0.25, -0.2) is 4.98 Å². The Morgan fingerprint density at radius 2 is 2.00 bits per heavy atom. The third kappa shape index (κ3) is 3.20. The van der Waals surface area contributed by atoms with Crippen molar-refractivity contribution in [3.8, 4) is 0 Å². The molecule has 19 heavy (non-hydrogen) atoms. The van der Waals surface area contributed by atoms with Crippen molar-refractivity contribution < 1.29 is 0 Å². The third-order valence-corrected chi connectivity index (χ3v) is 3.20. The zero-order chi connectivity index (χ0) is 13.8. The standard InChI is InChI=1S/C13H22N6/c1-10(2)19(11(3)4)8-6-15-12-13-17-16-9-18(13)7-5-14-12/h5,7,9-11H,6,8H2,1-4H3,(H,14,15). The van der Waals surface area contributed by atoms with Crippen LogP contribution in [0.2, 0.25) is 0 Å². The van der Waals surface area contributed by atoms with E-state index in [-0.39, 0.29) is 0 Å². The number of fused-ring (bicyclic) bond motifs is 1. The molecule has 0 bridgehead atoms. The van der Waals surface area contributed by atoms with Crippen LogP contribution in [0.4, 0.5) is 5.82 Å². The largest absolute Gasteiger partial charge is 0.366 e. The maximum atomic E-state index is 4.31. The highest BCUT2D eigenvalue weighted by Crippen LogP contribution is 2.10. The van der Waals surface area contributed by atoms with E-state index < -0.39 is 0 Å². The van der Waals surface area contributed by atoms with Gasteiger partial charge in [-0.2, -0.15) is 0 Å². The summed E-state index contributed by atoms with van der Waals surface area (Å²) in [5, 5.41) is 11.3. The summed E-state index contributed by atoms with van der Waals surface area (Å²) in [6.07, 6.45) is 5.27. The summed E-state index contributed by atoms with van der Waals surface area (Å²) in [5.74, 6) is 0.785. The molecule has 0 atom stereocenters. The average Bonchev–Trinajstić information content (AvgIpc) is 2.82. The number of rotatable bonds is 6. The Morgan fingerprint density at radius 1 is 1.26 bits per heavy atom. The molecule has 0 aromatic carbocycles. The van der Waals surface area contributed by atoms with E-state index in [0.29, 0.717) is 12.1 Å². The fraction of sp³-hybridized carbons (Fsp3) is 0.615. The van der Waals surface area contributed by atoms with E-state index in [1.54, 1.807) is 12.5 Å². The van der Waals surface area contributed by atoms with Crippen LogP contribution in [0, 0.1) is 0 Å². The molecule has 0 saturated carbocycles. The molecule has 0 unspecified atom stereocenters. The first-order valence-corrected chi connectivity index (χ1v) is 6.73. The number of nitrogens with zero attached hydrogens (tertiary/aromatic N) is 5. The molecule has 0 aliphatic rings. The highest BCUT2D eigenvalue weighted by atomic mass is 15.3. The third-order valence-electron chi connectivity index (χ3n) is 3.20. The molecule has 0 radical (unpaired) electrons. The van der Waals surface area contributed by atoms with E-state index in [1.807, 2.05) is 10.6 Å². The van der Waals surface area contributed by atoms with Gasteiger partial charge < -0.3 is 5.32 Å². The van der Waals surface area contributed by atoms with Crippen LogP contribution in [0.15, 0.2) is 18.7 Å². The molecule has 0 spiro atoms. The average molecular weight is 262 g/mol. The van der Waals surface area contributed by atoms with Crippen LogP contribution in [0.3, 0.4) is 0 Å². The molecule has 6 nitrogen and oxygen atoms in total. The maximum absolute atomic E-state index is 4.31. The van der Waals surface area contributed by atoms with Crippen LogP contribution in [0.5, 0.6) is 0 Å². The van der Waals surface area contributed by atoms with Gasteiger partial charge in [-0.3, -0.25) is 9.30 Å². The Bertz CT molecular complexity index is 511. The number of hydrogen-bond donors (Lipinski definition) is 1. The molecular formula is C13H22N6. The zero-order valence-corrected chi connectivity index (χ0v) is 12.0. The normalized spacial score (nSPS) is 11.9. The van der Waals surface area contributed by atoms with Crippen molar-refractivity contribution in [2.75, 3.05) is 18.4 Å². The number of nitrogens with one attached hydrogen (secondary N) is 1. The predicted octanol–water partition coefficient (Wildman–Crippen LogP) is 1.65. The van der Waals surface area contributed by atoms with Gasteiger partial charge in [-0.15, -0.1) is 10.2 Å². The van der Waals surface area contributed by atoms with Gasteiger partial charge in [-0.1, -0.05) is 0 Å². The molecule has 0 fully saturated rings. The van der Waals surface area contributed by atoms with Crippen LogP contribution < -0.4 is 5.32 Å². The fourth-order valence-electron chi connectivity index (χ4n) is 2.30.